The molecule has 2 rings (SSSR count). The summed E-state index contributed by atoms with van der Waals surface area (Å²) < 4.78 is 32.6. The molecule has 1 aromatic rings. The van der Waals surface area contributed by atoms with E-state index in [1.165, 1.54) is 0 Å². The summed E-state index contributed by atoms with van der Waals surface area (Å²) in [6, 6.07) is 5.64. The largest absolute Gasteiger partial charge is 0.492 e. The molecule has 3 nitrogen and oxygen atoms in total. The van der Waals surface area contributed by atoms with Crippen LogP contribution in [0, 0.1) is 0 Å². The van der Waals surface area contributed by atoms with Gasteiger partial charge in [0.25, 0.3) is 5.92 Å². The molecule has 1 aliphatic heterocycles. The fraction of sp³-hybridized carbons (Fsp3) is 0.538. The Kier molecular flexibility index (Phi) is 4.76. The van der Waals surface area contributed by atoms with Crippen molar-refractivity contribution in [2.75, 3.05) is 26.2 Å². The van der Waals surface area contributed by atoms with Gasteiger partial charge in [-0.1, -0.05) is 15.9 Å². The van der Waals surface area contributed by atoms with Gasteiger partial charge in [0.1, 0.15) is 12.4 Å². The molecule has 2 N–H and O–H groups in total. The Morgan fingerprint density at radius 3 is 2.79 bits per heavy atom. The third kappa shape index (κ3) is 4.40. The number of benzene rings is 1. The van der Waals surface area contributed by atoms with Gasteiger partial charge < -0.3 is 10.5 Å². The van der Waals surface area contributed by atoms with Crippen LogP contribution in [0.15, 0.2) is 22.7 Å². The number of nitrogens with zero attached hydrogens (tertiary/aromatic N) is 1. The highest BCUT2D eigenvalue weighted by molar-refractivity contribution is 9.10. The molecule has 1 fully saturated rings. The Bertz CT molecular complexity index is 443. The lowest BCUT2D eigenvalue weighted by molar-refractivity contribution is 0.0115. The fourth-order valence-electron chi connectivity index (χ4n) is 2.17. The van der Waals surface area contributed by atoms with Gasteiger partial charge in [-0.2, -0.15) is 0 Å². The molecule has 0 atom stereocenters. The minimum atomic E-state index is -2.55. The van der Waals surface area contributed by atoms with E-state index >= 15 is 0 Å². The Labute approximate surface area is 119 Å². The van der Waals surface area contributed by atoms with Crippen molar-refractivity contribution in [3.63, 3.8) is 0 Å². The van der Waals surface area contributed by atoms with Crippen LogP contribution in [0.1, 0.15) is 12.0 Å². The molecule has 1 heterocycles. The molecule has 0 spiro atoms. The molecule has 1 aromatic carbocycles. The van der Waals surface area contributed by atoms with Gasteiger partial charge in [0, 0.05) is 30.5 Å². The van der Waals surface area contributed by atoms with E-state index in [-0.39, 0.29) is 13.0 Å². The highest BCUT2D eigenvalue weighted by Crippen LogP contribution is 2.29. The number of hydrogen-bond donors (Lipinski definition) is 1. The summed E-state index contributed by atoms with van der Waals surface area (Å²) in [5, 5.41) is 0. The number of nitrogens with two attached hydrogens (primary N) is 1. The number of alkyl halides is 2. The monoisotopic (exact) mass is 334 g/mol. The van der Waals surface area contributed by atoms with Gasteiger partial charge in [-0.15, -0.1) is 0 Å². The first-order chi connectivity index (χ1) is 8.98. The molecule has 106 valence electrons. The molecule has 0 amide bonds. The SMILES string of the molecule is NCCOc1cc(Br)cc(CN2CCC(F)(F)C2)c1. The number of ether oxygens (including phenoxy) is 1. The van der Waals surface area contributed by atoms with Gasteiger partial charge in [-0.25, -0.2) is 8.78 Å². The normalized spacial score (nSPS) is 18.7. The van der Waals surface area contributed by atoms with Crippen LogP contribution in [0.2, 0.25) is 0 Å². The molecule has 19 heavy (non-hydrogen) atoms. The van der Waals surface area contributed by atoms with Crippen molar-refractivity contribution in [1.29, 1.82) is 0 Å². The van der Waals surface area contributed by atoms with Crippen molar-refractivity contribution in [2.45, 2.75) is 18.9 Å². The van der Waals surface area contributed by atoms with Crippen molar-refractivity contribution >= 4 is 15.9 Å². The molecule has 0 bridgehead atoms. The van der Waals surface area contributed by atoms with Crippen molar-refractivity contribution < 1.29 is 13.5 Å². The molecule has 0 radical (unpaired) electrons. The fourth-order valence-corrected chi connectivity index (χ4v) is 2.69. The van der Waals surface area contributed by atoms with E-state index in [4.69, 9.17) is 10.5 Å². The molecular weight excluding hydrogens is 318 g/mol. The molecule has 0 unspecified atom stereocenters. The predicted octanol–water partition coefficient (Wildman–Crippen LogP) is 2.63. The van der Waals surface area contributed by atoms with Gasteiger partial charge in [0.15, 0.2) is 0 Å². The first kappa shape index (κ1) is 14.7. The van der Waals surface area contributed by atoms with Gasteiger partial charge in [0.05, 0.1) is 6.54 Å². The van der Waals surface area contributed by atoms with Crippen molar-refractivity contribution in [3.05, 3.63) is 28.2 Å². The van der Waals surface area contributed by atoms with Gasteiger partial charge in [-0.3, -0.25) is 4.90 Å². The summed E-state index contributed by atoms with van der Waals surface area (Å²) in [6.07, 6.45) is -0.0580. The van der Waals surface area contributed by atoms with Crippen LogP contribution in [-0.2, 0) is 6.54 Å². The van der Waals surface area contributed by atoms with E-state index in [0.29, 0.717) is 32.0 Å². The van der Waals surface area contributed by atoms with Gasteiger partial charge >= 0.3 is 0 Å². The Balaban J connectivity index is 2.02. The van der Waals surface area contributed by atoms with Crippen molar-refractivity contribution in [3.8, 4) is 5.75 Å². The number of halogens is 3. The van der Waals surface area contributed by atoms with E-state index < -0.39 is 5.92 Å². The highest BCUT2D eigenvalue weighted by Gasteiger charge is 2.37. The maximum absolute atomic E-state index is 13.1. The minimum Gasteiger partial charge on any atom is -0.492 e. The van der Waals surface area contributed by atoms with Gasteiger partial charge in [-0.05, 0) is 23.8 Å². The molecule has 0 saturated carbocycles. The second kappa shape index (κ2) is 6.15. The zero-order valence-corrected chi connectivity index (χ0v) is 12.1. The van der Waals surface area contributed by atoms with Crippen molar-refractivity contribution in [1.82, 2.24) is 4.90 Å². The molecule has 1 saturated heterocycles. The van der Waals surface area contributed by atoms with E-state index in [9.17, 15) is 8.78 Å². The smallest absolute Gasteiger partial charge is 0.261 e. The topological polar surface area (TPSA) is 38.5 Å². The average Bonchev–Trinajstić information content (AvgIpc) is 2.65. The molecule has 6 heteroatoms. The third-order valence-electron chi connectivity index (χ3n) is 2.97. The van der Waals surface area contributed by atoms with Crippen LogP contribution >= 0.6 is 15.9 Å². The van der Waals surface area contributed by atoms with Crippen molar-refractivity contribution in [2.24, 2.45) is 5.73 Å². The summed E-state index contributed by atoms with van der Waals surface area (Å²) >= 11 is 3.40. The Hall–Kier alpha value is -0.720. The maximum Gasteiger partial charge on any atom is 0.261 e. The average molecular weight is 335 g/mol. The predicted molar refractivity (Wildman–Crippen MR) is 73.5 cm³/mol. The van der Waals surface area contributed by atoms with E-state index in [1.807, 2.05) is 18.2 Å². The summed E-state index contributed by atoms with van der Waals surface area (Å²) in [6.45, 7) is 1.66. The molecule has 1 aliphatic rings. The van der Waals surface area contributed by atoms with Crippen LogP contribution in [0.3, 0.4) is 0 Å². The number of rotatable bonds is 5. The van der Waals surface area contributed by atoms with E-state index in [2.05, 4.69) is 15.9 Å². The first-order valence-corrected chi connectivity index (χ1v) is 7.00. The summed E-state index contributed by atoms with van der Waals surface area (Å²) in [7, 11) is 0. The zero-order chi connectivity index (χ0) is 13.9. The molecular formula is C13H17BrF2N2O. The van der Waals surface area contributed by atoms with Crippen LogP contribution in [0.25, 0.3) is 0 Å². The van der Waals surface area contributed by atoms with E-state index in [1.54, 1.807) is 4.90 Å². The zero-order valence-electron chi connectivity index (χ0n) is 10.5. The maximum atomic E-state index is 13.1. The summed E-state index contributed by atoms with van der Waals surface area (Å²) in [5.41, 5.74) is 6.34. The van der Waals surface area contributed by atoms with Crippen LogP contribution in [0.5, 0.6) is 5.75 Å². The summed E-state index contributed by atoms with van der Waals surface area (Å²) in [5.74, 6) is -1.84. The Morgan fingerprint density at radius 1 is 1.37 bits per heavy atom. The standard InChI is InChI=1S/C13H17BrF2N2O/c14-11-5-10(6-12(7-11)19-4-2-17)8-18-3-1-13(15,16)9-18/h5-7H,1-4,8-9,17H2. The minimum absolute atomic E-state index is 0.0580. The summed E-state index contributed by atoms with van der Waals surface area (Å²) in [4.78, 5) is 1.76. The van der Waals surface area contributed by atoms with Crippen LogP contribution < -0.4 is 10.5 Å². The Morgan fingerprint density at radius 2 is 2.16 bits per heavy atom. The lowest BCUT2D eigenvalue weighted by Gasteiger charge is -2.16. The second-order valence-corrected chi connectivity index (χ2v) is 5.66. The molecule has 0 aliphatic carbocycles. The number of hydrogen-bond acceptors (Lipinski definition) is 3. The van der Waals surface area contributed by atoms with E-state index in [0.717, 1.165) is 10.0 Å². The quantitative estimate of drug-likeness (QED) is 0.899. The first-order valence-electron chi connectivity index (χ1n) is 6.21. The van der Waals surface area contributed by atoms with Crippen LogP contribution in [-0.4, -0.2) is 37.1 Å². The third-order valence-corrected chi connectivity index (χ3v) is 3.43. The van der Waals surface area contributed by atoms with Crippen LogP contribution in [0.4, 0.5) is 8.78 Å². The highest BCUT2D eigenvalue weighted by atomic mass is 79.9. The molecule has 0 aromatic heterocycles. The van der Waals surface area contributed by atoms with Gasteiger partial charge in [0.2, 0.25) is 0 Å². The lowest BCUT2D eigenvalue weighted by atomic mass is 10.2. The number of likely N-dealkylation sites (tertiary alicyclic amines) is 1. The second-order valence-electron chi connectivity index (χ2n) is 4.75. The lowest BCUT2D eigenvalue weighted by Crippen LogP contribution is -2.24.